The molecular weight excluding hydrogens is 729 g/mol. The first-order valence-corrected chi connectivity index (χ1v) is 17.7. The highest BCUT2D eigenvalue weighted by molar-refractivity contribution is 14.1. The average Bonchev–Trinajstić information content (AvgIpc) is 3.06. The van der Waals surface area contributed by atoms with Gasteiger partial charge in [0.1, 0.15) is 17.8 Å². The van der Waals surface area contributed by atoms with Crippen molar-refractivity contribution in [2.75, 3.05) is 6.61 Å². The maximum atomic E-state index is 14.5. The van der Waals surface area contributed by atoms with Crippen molar-refractivity contribution in [3.8, 4) is 0 Å². The standard InChI is InChI=1S/C37H44INO9/c1-19-23(48-33(44)29(41)27(21-12-8-6-9-13-21)39-32(43)22-14-10-7-11-15-22)17-37(46)20(2)30-35(5,24(38)16-25-36(30,45)18-47-25)31(42)28(40)26(19)34(37,3)4/h6-15,20,23-25,27-30,40-41,45-46H,16-18H2,1-5H3,(H,39,43)/t20-,23?,24?,25?,27?,28?,29?,30?,35+,36?,37?/m0/s1. The van der Waals surface area contributed by atoms with Gasteiger partial charge in [0, 0.05) is 32.7 Å². The number of amides is 1. The van der Waals surface area contributed by atoms with Crippen molar-refractivity contribution in [1.82, 2.24) is 5.32 Å². The van der Waals surface area contributed by atoms with Crippen LogP contribution in [-0.2, 0) is 19.1 Å². The van der Waals surface area contributed by atoms with Gasteiger partial charge in [0.05, 0.1) is 24.4 Å². The van der Waals surface area contributed by atoms with Crippen LogP contribution in [0, 0.1) is 22.7 Å². The van der Waals surface area contributed by atoms with E-state index in [4.69, 9.17) is 9.47 Å². The molecule has 2 aromatic carbocycles. The summed E-state index contributed by atoms with van der Waals surface area (Å²) < 4.78 is 11.5. The van der Waals surface area contributed by atoms with Crippen LogP contribution in [0.3, 0.4) is 0 Å². The molecule has 2 bridgehead atoms. The molecule has 2 aromatic rings. The Bertz CT molecular complexity index is 1630. The van der Waals surface area contributed by atoms with Crippen LogP contribution in [0.15, 0.2) is 71.8 Å². The molecule has 0 radical (unpaired) electrons. The Hall–Kier alpha value is -2.68. The van der Waals surface area contributed by atoms with Crippen LogP contribution in [0.4, 0.5) is 0 Å². The van der Waals surface area contributed by atoms with E-state index in [-0.39, 0.29) is 22.5 Å². The maximum absolute atomic E-state index is 14.5. The number of hydrogen-bond donors (Lipinski definition) is 5. The highest BCUT2D eigenvalue weighted by atomic mass is 127. The molecule has 1 saturated heterocycles. The highest BCUT2D eigenvalue weighted by Crippen LogP contribution is 2.65. The summed E-state index contributed by atoms with van der Waals surface area (Å²) in [6, 6.07) is 15.8. The van der Waals surface area contributed by atoms with E-state index in [1.165, 1.54) is 0 Å². The van der Waals surface area contributed by atoms with Gasteiger partial charge in [-0.15, -0.1) is 0 Å². The van der Waals surface area contributed by atoms with Crippen LogP contribution in [0.5, 0.6) is 0 Å². The lowest BCUT2D eigenvalue weighted by molar-refractivity contribution is -0.317. The van der Waals surface area contributed by atoms with Crippen LogP contribution in [-0.4, -0.2) is 84.2 Å². The molecule has 3 fully saturated rings. The summed E-state index contributed by atoms with van der Waals surface area (Å²) in [5.74, 6) is -3.49. The fourth-order valence-electron chi connectivity index (χ4n) is 9.24. The predicted octanol–water partition coefficient (Wildman–Crippen LogP) is 3.45. The third kappa shape index (κ3) is 5.10. The van der Waals surface area contributed by atoms with E-state index < -0.39 is 82.0 Å². The van der Waals surface area contributed by atoms with E-state index in [1.807, 2.05) is 6.92 Å². The number of rotatable bonds is 6. The number of hydrogen-bond acceptors (Lipinski definition) is 9. The number of carbonyl (C=O) groups is 3. The van der Waals surface area contributed by atoms with Crippen LogP contribution < -0.4 is 5.32 Å². The fraction of sp³-hybridized carbons (Fsp3) is 0.541. The number of alkyl halides is 1. The lowest BCUT2D eigenvalue weighted by Gasteiger charge is -2.67. The minimum absolute atomic E-state index is 0.00736. The summed E-state index contributed by atoms with van der Waals surface area (Å²) in [5, 5.41) is 51.0. The van der Waals surface area contributed by atoms with Gasteiger partial charge in [-0.2, -0.15) is 0 Å². The first-order valence-electron chi connectivity index (χ1n) is 16.4. The zero-order valence-corrected chi connectivity index (χ0v) is 29.9. The largest absolute Gasteiger partial charge is 0.456 e. The summed E-state index contributed by atoms with van der Waals surface area (Å²) in [7, 11) is 0. The quantitative estimate of drug-likeness (QED) is 0.128. The number of aliphatic hydroxyl groups excluding tert-OH is 2. The molecule has 48 heavy (non-hydrogen) atoms. The molecule has 258 valence electrons. The van der Waals surface area contributed by atoms with Gasteiger partial charge in [-0.25, -0.2) is 4.79 Å². The number of aliphatic hydroxyl groups is 4. The Morgan fingerprint density at radius 1 is 1.04 bits per heavy atom. The molecular formula is C37H44INO9. The number of benzene rings is 2. The van der Waals surface area contributed by atoms with E-state index in [0.717, 1.165) is 0 Å². The van der Waals surface area contributed by atoms with Crippen LogP contribution >= 0.6 is 22.6 Å². The van der Waals surface area contributed by atoms with Crippen molar-refractivity contribution in [2.45, 2.75) is 93.0 Å². The van der Waals surface area contributed by atoms with Gasteiger partial charge in [-0.3, -0.25) is 9.59 Å². The highest BCUT2D eigenvalue weighted by Gasteiger charge is 2.73. The summed E-state index contributed by atoms with van der Waals surface area (Å²) in [5.41, 5.74) is -3.94. The van der Waals surface area contributed by atoms with E-state index in [1.54, 1.807) is 88.4 Å². The summed E-state index contributed by atoms with van der Waals surface area (Å²) in [4.78, 5) is 41.4. The first kappa shape index (κ1) is 35.2. The van der Waals surface area contributed by atoms with Gasteiger partial charge in [0.15, 0.2) is 11.9 Å². The van der Waals surface area contributed by atoms with Crippen molar-refractivity contribution in [2.24, 2.45) is 22.7 Å². The van der Waals surface area contributed by atoms with Gasteiger partial charge in [0.2, 0.25) is 0 Å². The number of carbonyl (C=O) groups excluding carboxylic acids is 3. The molecule has 9 unspecified atom stereocenters. The van der Waals surface area contributed by atoms with Crippen molar-refractivity contribution < 1.29 is 44.3 Å². The lowest BCUT2D eigenvalue weighted by Crippen LogP contribution is -2.78. The summed E-state index contributed by atoms with van der Waals surface area (Å²) in [6.07, 6.45) is -4.80. The van der Waals surface area contributed by atoms with Crippen molar-refractivity contribution in [3.05, 3.63) is 82.9 Å². The van der Waals surface area contributed by atoms with Gasteiger partial charge in [-0.1, -0.05) is 98.8 Å². The topological polar surface area (TPSA) is 163 Å². The van der Waals surface area contributed by atoms with E-state index in [0.29, 0.717) is 23.1 Å². The molecule has 3 aliphatic carbocycles. The number of esters is 1. The average molecular weight is 774 g/mol. The SMILES string of the molecule is CC1=C2C(O)C(=O)[C@]3(C)C(I)CC4OCC4(O)C3[C@H](C)C(O)(CC1OC(=O)C(O)C(NC(=O)c1ccccc1)c1ccccc1)C2(C)C. The second kappa shape index (κ2) is 12.3. The lowest BCUT2D eigenvalue weighted by atomic mass is 9.43. The minimum Gasteiger partial charge on any atom is -0.456 e. The molecule has 4 aliphatic rings. The maximum Gasteiger partial charge on any atom is 0.338 e. The summed E-state index contributed by atoms with van der Waals surface area (Å²) in [6.45, 7) is 8.80. The van der Waals surface area contributed by atoms with Crippen molar-refractivity contribution in [1.29, 1.82) is 0 Å². The predicted molar refractivity (Wildman–Crippen MR) is 184 cm³/mol. The molecule has 1 aliphatic heterocycles. The number of fused-ring (bicyclic) bond motifs is 5. The Morgan fingerprint density at radius 2 is 1.65 bits per heavy atom. The molecule has 0 spiro atoms. The molecule has 1 heterocycles. The second-order valence-corrected chi connectivity index (χ2v) is 16.3. The van der Waals surface area contributed by atoms with Gasteiger partial charge < -0.3 is 35.2 Å². The Morgan fingerprint density at radius 3 is 2.23 bits per heavy atom. The Balaban J connectivity index is 1.37. The summed E-state index contributed by atoms with van der Waals surface area (Å²) >= 11 is 2.20. The minimum atomic E-state index is -1.84. The fourth-order valence-corrected chi connectivity index (χ4v) is 10.4. The van der Waals surface area contributed by atoms with Crippen LogP contribution in [0.25, 0.3) is 0 Å². The van der Waals surface area contributed by atoms with Crippen LogP contribution in [0.2, 0.25) is 0 Å². The van der Waals surface area contributed by atoms with Gasteiger partial charge in [0.25, 0.3) is 5.91 Å². The second-order valence-electron chi connectivity index (χ2n) is 14.8. The van der Waals surface area contributed by atoms with E-state index in [2.05, 4.69) is 27.9 Å². The number of halogens is 1. The first-order chi connectivity index (χ1) is 22.5. The monoisotopic (exact) mass is 773 g/mol. The van der Waals surface area contributed by atoms with Crippen molar-refractivity contribution >= 4 is 40.3 Å². The normalized spacial score (nSPS) is 38.2. The molecule has 2 saturated carbocycles. The molecule has 6 rings (SSSR count). The third-order valence-electron chi connectivity index (χ3n) is 12.1. The Labute approximate surface area is 294 Å². The molecule has 1 amide bonds. The number of ether oxygens (including phenoxy) is 2. The van der Waals surface area contributed by atoms with Gasteiger partial charge >= 0.3 is 5.97 Å². The van der Waals surface area contributed by atoms with Crippen molar-refractivity contribution in [3.63, 3.8) is 0 Å². The van der Waals surface area contributed by atoms with E-state index in [9.17, 15) is 34.8 Å². The molecule has 11 atom stereocenters. The van der Waals surface area contributed by atoms with Crippen LogP contribution in [0.1, 0.15) is 69.4 Å². The smallest absolute Gasteiger partial charge is 0.338 e. The number of nitrogens with one attached hydrogen (secondary N) is 1. The number of Topliss-reactive ketones (excluding diaryl/α,β-unsaturated/α-hetero) is 1. The molecule has 10 nitrogen and oxygen atoms in total. The molecule has 5 N–H and O–H groups in total. The van der Waals surface area contributed by atoms with E-state index >= 15 is 0 Å². The molecule has 0 aromatic heterocycles. The number of ketones is 1. The zero-order valence-electron chi connectivity index (χ0n) is 27.7. The Kier molecular flexibility index (Phi) is 8.99. The van der Waals surface area contributed by atoms with Gasteiger partial charge in [-0.05, 0) is 48.1 Å². The third-order valence-corrected chi connectivity index (χ3v) is 13.9. The molecule has 11 heteroatoms. The zero-order chi connectivity index (χ0) is 35.0.